The molecule has 0 radical (unpaired) electrons. The van der Waals surface area contributed by atoms with E-state index in [1.54, 1.807) is 0 Å². The molecule has 2 N–H and O–H groups in total. The maximum Gasteiger partial charge on any atom is 0.00965 e. The molecule has 1 unspecified atom stereocenters. The van der Waals surface area contributed by atoms with E-state index in [4.69, 9.17) is 0 Å². The lowest BCUT2D eigenvalue weighted by Crippen LogP contribution is -2.35. The molecule has 1 aliphatic carbocycles. The Kier molecular flexibility index (Phi) is 3.99. The standard InChI is InChI=1S/C14H27N3/c1-2-14(1)17-8-5-13(11-17)10-16-9-12-3-6-15-7-4-12/h12-16H,1-11H2. The molecule has 2 saturated heterocycles. The smallest absolute Gasteiger partial charge is 0.00965 e. The zero-order valence-electron chi connectivity index (χ0n) is 11.0. The summed E-state index contributed by atoms with van der Waals surface area (Å²) in [6.07, 6.45) is 7.10. The van der Waals surface area contributed by atoms with E-state index < -0.39 is 0 Å². The van der Waals surface area contributed by atoms with Gasteiger partial charge in [-0.1, -0.05) is 0 Å². The third kappa shape index (κ3) is 3.43. The van der Waals surface area contributed by atoms with E-state index in [-0.39, 0.29) is 0 Å². The minimum absolute atomic E-state index is 0.928. The molecule has 3 nitrogen and oxygen atoms in total. The summed E-state index contributed by atoms with van der Waals surface area (Å²) in [5.41, 5.74) is 0. The number of nitrogens with one attached hydrogen (secondary N) is 2. The van der Waals surface area contributed by atoms with Crippen molar-refractivity contribution in [2.45, 2.75) is 38.1 Å². The lowest BCUT2D eigenvalue weighted by molar-refractivity contribution is 0.306. The Labute approximate surface area is 105 Å². The Hall–Kier alpha value is -0.120. The van der Waals surface area contributed by atoms with Gasteiger partial charge in [-0.2, -0.15) is 0 Å². The van der Waals surface area contributed by atoms with Gasteiger partial charge in [-0.25, -0.2) is 0 Å². The molecule has 98 valence electrons. The van der Waals surface area contributed by atoms with Crippen LogP contribution in [0.25, 0.3) is 0 Å². The molecule has 0 amide bonds. The molecule has 3 fully saturated rings. The predicted molar refractivity (Wildman–Crippen MR) is 71.2 cm³/mol. The lowest BCUT2D eigenvalue weighted by Gasteiger charge is -2.23. The molecule has 3 rings (SSSR count). The molecule has 1 atom stereocenters. The van der Waals surface area contributed by atoms with E-state index in [9.17, 15) is 0 Å². The molecule has 0 aromatic carbocycles. The molecule has 1 saturated carbocycles. The third-order valence-corrected chi connectivity index (χ3v) is 4.71. The van der Waals surface area contributed by atoms with Crippen LogP contribution in [0.4, 0.5) is 0 Å². The topological polar surface area (TPSA) is 27.3 Å². The first-order valence-electron chi connectivity index (χ1n) is 7.57. The summed E-state index contributed by atoms with van der Waals surface area (Å²) in [4.78, 5) is 2.72. The fourth-order valence-corrected chi connectivity index (χ4v) is 3.38. The van der Waals surface area contributed by atoms with Crippen molar-refractivity contribution in [3.63, 3.8) is 0 Å². The third-order valence-electron chi connectivity index (χ3n) is 4.71. The molecule has 17 heavy (non-hydrogen) atoms. The molecule has 3 aliphatic rings. The summed E-state index contributed by atoms with van der Waals surface area (Å²) in [5.74, 6) is 1.86. The summed E-state index contributed by atoms with van der Waals surface area (Å²) >= 11 is 0. The first-order valence-corrected chi connectivity index (χ1v) is 7.57. The second kappa shape index (κ2) is 5.68. The minimum Gasteiger partial charge on any atom is -0.317 e. The van der Waals surface area contributed by atoms with Crippen LogP contribution in [-0.4, -0.2) is 50.2 Å². The Morgan fingerprint density at radius 3 is 2.47 bits per heavy atom. The minimum atomic E-state index is 0.928. The van der Waals surface area contributed by atoms with Crippen molar-refractivity contribution >= 4 is 0 Å². The monoisotopic (exact) mass is 237 g/mol. The van der Waals surface area contributed by atoms with E-state index in [0.29, 0.717) is 0 Å². The van der Waals surface area contributed by atoms with Gasteiger partial charge in [0.25, 0.3) is 0 Å². The highest BCUT2D eigenvalue weighted by atomic mass is 15.2. The Morgan fingerprint density at radius 1 is 0.941 bits per heavy atom. The van der Waals surface area contributed by atoms with E-state index in [1.807, 2.05) is 0 Å². The first kappa shape index (κ1) is 11.9. The van der Waals surface area contributed by atoms with Crippen LogP contribution in [0.5, 0.6) is 0 Å². The summed E-state index contributed by atoms with van der Waals surface area (Å²) in [6, 6.07) is 0.976. The highest BCUT2D eigenvalue weighted by Crippen LogP contribution is 2.31. The summed E-state index contributed by atoms with van der Waals surface area (Å²) in [6.45, 7) is 7.69. The van der Waals surface area contributed by atoms with E-state index in [2.05, 4.69) is 15.5 Å². The predicted octanol–water partition coefficient (Wildman–Crippen LogP) is 1.06. The number of hydrogen-bond acceptors (Lipinski definition) is 3. The second-order valence-electron chi connectivity index (χ2n) is 6.23. The van der Waals surface area contributed by atoms with Gasteiger partial charge < -0.3 is 15.5 Å². The summed E-state index contributed by atoms with van der Waals surface area (Å²) < 4.78 is 0. The van der Waals surface area contributed by atoms with Gasteiger partial charge in [-0.15, -0.1) is 0 Å². The van der Waals surface area contributed by atoms with Gasteiger partial charge >= 0.3 is 0 Å². The van der Waals surface area contributed by atoms with Gasteiger partial charge in [-0.3, -0.25) is 0 Å². The normalized spacial score (nSPS) is 32.1. The fraction of sp³-hybridized carbons (Fsp3) is 1.00. The van der Waals surface area contributed by atoms with E-state index in [1.165, 1.54) is 71.4 Å². The number of nitrogens with zero attached hydrogens (tertiary/aromatic N) is 1. The lowest BCUT2D eigenvalue weighted by atomic mass is 9.98. The van der Waals surface area contributed by atoms with Crippen molar-refractivity contribution in [1.82, 2.24) is 15.5 Å². The maximum atomic E-state index is 3.72. The highest BCUT2D eigenvalue weighted by molar-refractivity contribution is 4.90. The van der Waals surface area contributed by atoms with Gasteiger partial charge in [0, 0.05) is 12.6 Å². The quantitative estimate of drug-likeness (QED) is 0.749. The van der Waals surface area contributed by atoms with E-state index in [0.717, 1.165) is 17.9 Å². The van der Waals surface area contributed by atoms with Crippen molar-refractivity contribution in [3.05, 3.63) is 0 Å². The molecular formula is C14H27N3. The second-order valence-corrected chi connectivity index (χ2v) is 6.23. The molecule has 0 spiro atoms. The van der Waals surface area contributed by atoms with Gasteiger partial charge in [0.15, 0.2) is 0 Å². The zero-order chi connectivity index (χ0) is 11.5. The van der Waals surface area contributed by atoms with Crippen LogP contribution in [-0.2, 0) is 0 Å². The maximum absolute atomic E-state index is 3.72. The number of piperidine rings is 1. The van der Waals surface area contributed by atoms with Crippen LogP contribution in [0.2, 0.25) is 0 Å². The zero-order valence-corrected chi connectivity index (χ0v) is 11.0. The van der Waals surface area contributed by atoms with Crippen molar-refractivity contribution in [2.75, 3.05) is 39.3 Å². The Balaban J connectivity index is 1.29. The first-order chi connectivity index (χ1) is 8.42. The van der Waals surface area contributed by atoms with Crippen LogP contribution >= 0.6 is 0 Å². The van der Waals surface area contributed by atoms with Crippen LogP contribution in [0, 0.1) is 11.8 Å². The molecule has 2 aliphatic heterocycles. The van der Waals surface area contributed by atoms with Crippen LogP contribution in [0.1, 0.15) is 32.1 Å². The fourth-order valence-electron chi connectivity index (χ4n) is 3.38. The molecular weight excluding hydrogens is 210 g/mol. The molecule has 2 heterocycles. The van der Waals surface area contributed by atoms with Crippen molar-refractivity contribution in [3.8, 4) is 0 Å². The van der Waals surface area contributed by atoms with Crippen molar-refractivity contribution in [1.29, 1.82) is 0 Å². The molecule has 0 bridgehead atoms. The SMILES string of the molecule is C1CC(CNCC2CCN(C3CC3)C2)CCN1. The average molecular weight is 237 g/mol. The summed E-state index contributed by atoms with van der Waals surface area (Å²) in [7, 11) is 0. The van der Waals surface area contributed by atoms with Crippen LogP contribution < -0.4 is 10.6 Å². The molecule has 0 aromatic heterocycles. The highest BCUT2D eigenvalue weighted by Gasteiger charge is 2.34. The largest absolute Gasteiger partial charge is 0.317 e. The Morgan fingerprint density at radius 2 is 1.71 bits per heavy atom. The average Bonchev–Trinajstić information content (AvgIpc) is 3.11. The summed E-state index contributed by atoms with van der Waals surface area (Å²) in [5, 5.41) is 7.16. The van der Waals surface area contributed by atoms with Gasteiger partial charge in [-0.05, 0) is 76.7 Å². The van der Waals surface area contributed by atoms with Gasteiger partial charge in [0.2, 0.25) is 0 Å². The number of hydrogen-bond donors (Lipinski definition) is 2. The number of rotatable bonds is 5. The number of likely N-dealkylation sites (tertiary alicyclic amines) is 1. The van der Waals surface area contributed by atoms with Crippen molar-refractivity contribution in [2.24, 2.45) is 11.8 Å². The van der Waals surface area contributed by atoms with Crippen molar-refractivity contribution < 1.29 is 0 Å². The van der Waals surface area contributed by atoms with Crippen LogP contribution in [0.15, 0.2) is 0 Å². The molecule has 0 aromatic rings. The molecule has 3 heteroatoms. The van der Waals surface area contributed by atoms with Crippen LogP contribution in [0.3, 0.4) is 0 Å². The van der Waals surface area contributed by atoms with E-state index >= 15 is 0 Å². The van der Waals surface area contributed by atoms with Gasteiger partial charge in [0.05, 0.1) is 0 Å². The van der Waals surface area contributed by atoms with Gasteiger partial charge in [0.1, 0.15) is 0 Å². The Bertz CT molecular complexity index is 234.